The summed E-state index contributed by atoms with van der Waals surface area (Å²) in [4.78, 5) is 12.2. The fourth-order valence-corrected chi connectivity index (χ4v) is 2.10. The Balaban J connectivity index is 0.00000242. The van der Waals surface area contributed by atoms with Crippen LogP contribution < -0.4 is 15.8 Å². The summed E-state index contributed by atoms with van der Waals surface area (Å²) in [6.07, 6.45) is 1.08. The van der Waals surface area contributed by atoms with Crippen LogP contribution in [0, 0.1) is 0 Å². The third-order valence-corrected chi connectivity index (χ3v) is 3.51. The summed E-state index contributed by atoms with van der Waals surface area (Å²) < 4.78 is 15.6. The summed E-state index contributed by atoms with van der Waals surface area (Å²) in [6, 6.07) is 7.20. The molecule has 1 aromatic rings. The number of halogens is 1. The van der Waals surface area contributed by atoms with Crippen molar-refractivity contribution in [3.05, 3.63) is 24.3 Å². The molecule has 6 nitrogen and oxygen atoms in total. The molecular formula is C15H23ClN2O4. The summed E-state index contributed by atoms with van der Waals surface area (Å²) in [5.41, 5.74) is 5.99. The number of carbonyl (C=O) groups is 1. The van der Waals surface area contributed by atoms with Crippen molar-refractivity contribution in [1.29, 1.82) is 0 Å². The number of ether oxygens (including phenoxy) is 3. The molecule has 1 fully saturated rings. The van der Waals surface area contributed by atoms with Crippen molar-refractivity contribution >= 4 is 24.0 Å². The molecule has 0 spiro atoms. The standard InChI is InChI=1S/C15H22N2O4.ClH/c1-19-10-11-21-13-4-2-12(3-5-13)17-14(18)15(16)6-8-20-9-7-15;/h2-5H,6-11,16H2,1H3,(H,17,18);1H. The fraction of sp³-hybridized carbons (Fsp3) is 0.533. The number of nitrogens with two attached hydrogens (primary N) is 1. The number of hydrogen-bond donors (Lipinski definition) is 2. The molecular weight excluding hydrogens is 308 g/mol. The third-order valence-electron chi connectivity index (χ3n) is 3.51. The Labute approximate surface area is 136 Å². The van der Waals surface area contributed by atoms with E-state index in [0.717, 1.165) is 5.75 Å². The molecule has 2 rings (SSSR count). The first kappa shape index (κ1) is 18.7. The van der Waals surface area contributed by atoms with Gasteiger partial charge in [0.2, 0.25) is 5.91 Å². The van der Waals surface area contributed by atoms with Crippen LogP contribution in [-0.2, 0) is 14.3 Å². The van der Waals surface area contributed by atoms with Gasteiger partial charge in [-0.2, -0.15) is 0 Å². The third kappa shape index (κ3) is 5.14. The molecule has 0 saturated carbocycles. The van der Waals surface area contributed by atoms with Crippen LogP contribution in [0.5, 0.6) is 5.75 Å². The highest BCUT2D eigenvalue weighted by molar-refractivity contribution is 5.98. The second-order valence-corrected chi connectivity index (χ2v) is 5.09. The second-order valence-electron chi connectivity index (χ2n) is 5.09. The number of nitrogens with one attached hydrogen (secondary N) is 1. The zero-order valence-corrected chi connectivity index (χ0v) is 13.5. The molecule has 0 aromatic heterocycles. The Morgan fingerprint density at radius 2 is 1.91 bits per heavy atom. The number of amides is 1. The SMILES string of the molecule is COCCOc1ccc(NC(=O)C2(N)CCOCC2)cc1.Cl. The van der Waals surface area contributed by atoms with Crippen LogP contribution in [-0.4, -0.2) is 45.0 Å². The van der Waals surface area contributed by atoms with Crippen LogP contribution >= 0.6 is 12.4 Å². The zero-order valence-electron chi connectivity index (χ0n) is 12.7. The summed E-state index contributed by atoms with van der Waals surface area (Å²) in [7, 11) is 1.63. The van der Waals surface area contributed by atoms with E-state index in [1.54, 1.807) is 31.4 Å². The molecule has 0 atom stereocenters. The average Bonchev–Trinajstić information content (AvgIpc) is 2.50. The van der Waals surface area contributed by atoms with Gasteiger partial charge in [0.25, 0.3) is 0 Å². The minimum atomic E-state index is -0.841. The molecule has 124 valence electrons. The van der Waals surface area contributed by atoms with Crippen LogP contribution in [0.1, 0.15) is 12.8 Å². The van der Waals surface area contributed by atoms with Gasteiger partial charge in [0, 0.05) is 26.0 Å². The summed E-state index contributed by atoms with van der Waals surface area (Å²) in [5, 5.41) is 2.85. The van der Waals surface area contributed by atoms with Crippen LogP contribution in [0.3, 0.4) is 0 Å². The molecule has 7 heteroatoms. The first-order chi connectivity index (χ1) is 10.1. The molecule has 1 aliphatic heterocycles. The van der Waals surface area contributed by atoms with Gasteiger partial charge in [-0.25, -0.2) is 0 Å². The largest absolute Gasteiger partial charge is 0.491 e. The number of benzene rings is 1. The first-order valence-electron chi connectivity index (χ1n) is 7.04. The van der Waals surface area contributed by atoms with Gasteiger partial charge in [0.1, 0.15) is 17.9 Å². The quantitative estimate of drug-likeness (QED) is 0.774. The molecule has 1 saturated heterocycles. The summed E-state index contributed by atoms with van der Waals surface area (Å²) >= 11 is 0. The Bertz CT molecular complexity index is 461. The lowest BCUT2D eigenvalue weighted by atomic mass is 9.90. The first-order valence-corrected chi connectivity index (χ1v) is 7.04. The van der Waals surface area contributed by atoms with Gasteiger partial charge >= 0.3 is 0 Å². The van der Waals surface area contributed by atoms with Crippen LogP contribution in [0.15, 0.2) is 24.3 Å². The van der Waals surface area contributed by atoms with Gasteiger partial charge < -0.3 is 25.3 Å². The number of hydrogen-bond acceptors (Lipinski definition) is 5. The van der Waals surface area contributed by atoms with Crippen molar-refractivity contribution in [3.63, 3.8) is 0 Å². The lowest BCUT2D eigenvalue weighted by Crippen LogP contribution is -2.54. The molecule has 0 aliphatic carbocycles. The minimum absolute atomic E-state index is 0. The Kier molecular flexibility index (Phi) is 7.61. The Hall–Kier alpha value is -1.34. The molecule has 3 N–H and O–H groups in total. The van der Waals surface area contributed by atoms with E-state index in [0.29, 0.717) is 45.0 Å². The normalized spacial score (nSPS) is 16.5. The topological polar surface area (TPSA) is 82.8 Å². The Morgan fingerprint density at radius 3 is 2.50 bits per heavy atom. The lowest BCUT2D eigenvalue weighted by Gasteiger charge is -2.31. The van der Waals surface area contributed by atoms with Crippen molar-refractivity contribution < 1.29 is 19.0 Å². The summed E-state index contributed by atoms with van der Waals surface area (Å²) in [6.45, 7) is 2.08. The second kappa shape index (κ2) is 8.95. The van der Waals surface area contributed by atoms with E-state index < -0.39 is 5.54 Å². The maximum absolute atomic E-state index is 12.2. The van der Waals surface area contributed by atoms with E-state index in [-0.39, 0.29) is 18.3 Å². The number of rotatable bonds is 6. The van der Waals surface area contributed by atoms with Gasteiger partial charge in [-0.15, -0.1) is 12.4 Å². The highest BCUT2D eigenvalue weighted by atomic mass is 35.5. The lowest BCUT2D eigenvalue weighted by molar-refractivity contribution is -0.124. The predicted molar refractivity (Wildman–Crippen MR) is 86.7 cm³/mol. The van der Waals surface area contributed by atoms with E-state index in [9.17, 15) is 4.79 Å². The van der Waals surface area contributed by atoms with Gasteiger partial charge in [0.05, 0.1) is 6.61 Å². The zero-order chi connectivity index (χ0) is 15.1. The van der Waals surface area contributed by atoms with Gasteiger partial charge in [-0.05, 0) is 37.1 Å². The van der Waals surface area contributed by atoms with Crippen LogP contribution in [0.4, 0.5) is 5.69 Å². The van der Waals surface area contributed by atoms with E-state index in [1.165, 1.54) is 0 Å². The molecule has 0 unspecified atom stereocenters. The highest BCUT2D eigenvalue weighted by Gasteiger charge is 2.35. The minimum Gasteiger partial charge on any atom is -0.491 e. The smallest absolute Gasteiger partial charge is 0.244 e. The van der Waals surface area contributed by atoms with E-state index in [1.807, 2.05) is 0 Å². The van der Waals surface area contributed by atoms with Crippen LogP contribution in [0.2, 0.25) is 0 Å². The van der Waals surface area contributed by atoms with Crippen molar-refractivity contribution in [2.24, 2.45) is 5.73 Å². The van der Waals surface area contributed by atoms with Crippen molar-refractivity contribution in [2.75, 3.05) is 38.9 Å². The Morgan fingerprint density at radius 1 is 1.27 bits per heavy atom. The fourth-order valence-electron chi connectivity index (χ4n) is 2.10. The van der Waals surface area contributed by atoms with Gasteiger partial charge in [-0.1, -0.05) is 0 Å². The number of methoxy groups -OCH3 is 1. The van der Waals surface area contributed by atoms with Crippen LogP contribution in [0.25, 0.3) is 0 Å². The molecule has 0 bridgehead atoms. The van der Waals surface area contributed by atoms with E-state index >= 15 is 0 Å². The van der Waals surface area contributed by atoms with Crippen molar-refractivity contribution in [1.82, 2.24) is 0 Å². The van der Waals surface area contributed by atoms with E-state index in [4.69, 9.17) is 19.9 Å². The molecule has 1 aliphatic rings. The molecule has 1 aromatic carbocycles. The van der Waals surface area contributed by atoms with Gasteiger partial charge in [-0.3, -0.25) is 4.79 Å². The molecule has 22 heavy (non-hydrogen) atoms. The molecule has 1 amide bonds. The maximum atomic E-state index is 12.2. The number of anilines is 1. The maximum Gasteiger partial charge on any atom is 0.244 e. The highest BCUT2D eigenvalue weighted by Crippen LogP contribution is 2.21. The van der Waals surface area contributed by atoms with E-state index in [2.05, 4.69) is 5.32 Å². The summed E-state index contributed by atoms with van der Waals surface area (Å²) in [5.74, 6) is 0.567. The van der Waals surface area contributed by atoms with Gasteiger partial charge in [0.15, 0.2) is 0 Å². The van der Waals surface area contributed by atoms with Crippen molar-refractivity contribution in [2.45, 2.75) is 18.4 Å². The number of carbonyl (C=O) groups excluding carboxylic acids is 1. The van der Waals surface area contributed by atoms with Crippen molar-refractivity contribution in [3.8, 4) is 5.75 Å². The molecule has 0 radical (unpaired) electrons. The molecule has 1 heterocycles. The average molecular weight is 331 g/mol. The predicted octanol–water partition coefficient (Wildman–Crippen LogP) is 1.58. The monoisotopic (exact) mass is 330 g/mol.